The standard InChI is InChI=1S/C31H31F2N3O4/c1-17(2)26(34-30(39)28(37)19-13-20(32)15-21(33)14-19)29(38)35-27-24-9-4-3-7-22(24)23-8-5-6-10-25(23)36(31(27)40)16-18-11-12-18/h3-10,13-15,17-18,26-28,37H,11-12,16H2,1-2H3,(H,34,39)(H,35,38)/t26-,27?,28?/m0/s1. The number of para-hydroxylation sites is 1. The number of anilines is 1. The number of aliphatic hydroxyl groups is 1. The van der Waals surface area contributed by atoms with Gasteiger partial charge in [0.2, 0.25) is 5.91 Å². The molecule has 3 N–H and O–H groups in total. The van der Waals surface area contributed by atoms with E-state index in [1.165, 1.54) is 0 Å². The number of carbonyl (C=O) groups excluding carboxylic acids is 3. The number of benzene rings is 3. The molecular formula is C31H31F2N3O4. The van der Waals surface area contributed by atoms with Crippen molar-refractivity contribution in [3.63, 3.8) is 0 Å². The zero-order chi connectivity index (χ0) is 28.6. The van der Waals surface area contributed by atoms with E-state index in [9.17, 15) is 28.3 Å². The van der Waals surface area contributed by atoms with Gasteiger partial charge in [0.1, 0.15) is 23.7 Å². The van der Waals surface area contributed by atoms with Crippen molar-refractivity contribution in [2.75, 3.05) is 11.4 Å². The van der Waals surface area contributed by atoms with Crippen molar-refractivity contribution in [3.05, 3.63) is 89.5 Å². The van der Waals surface area contributed by atoms with Crippen LogP contribution in [0, 0.1) is 23.5 Å². The monoisotopic (exact) mass is 547 g/mol. The van der Waals surface area contributed by atoms with Crippen molar-refractivity contribution in [2.45, 2.75) is 44.9 Å². The summed E-state index contributed by atoms with van der Waals surface area (Å²) in [5.41, 5.74) is 2.85. The van der Waals surface area contributed by atoms with Crippen LogP contribution >= 0.6 is 0 Å². The quantitative estimate of drug-likeness (QED) is 0.389. The summed E-state index contributed by atoms with van der Waals surface area (Å²) in [6, 6.07) is 15.2. The lowest BCUT2D eigenvalue weighted by Gasteiger charge is -2.29. The molecule has 2 aliphatic rings. The number of amides is 3. The Bertz CT molecular complexity index is 1440. The minimum absolute atomic E-state index is 0.276. The third kappa shape index (κ3) is 5.60. The number of hydrogen-bond donors (Lipinski definition) is 3. The molecule has 40 heavy (non-hydrogen) atoms. The van der Waals surface area contributed by atoms with E-state index in [2.05, 4.69) is 10.6 Å². The van der Waals surface area contributed by atoms with E-state index < -0.39 is 47.6 Å². The molecule has 1 aliphatic heterocycles. The van der Waals surface area contributed by atoms with Crippen LogP contribution in [0.3, 0.4) is 0 Å². The number of nitrogens with zero attached hydrogens (tertiary/aromatic N) is 1. The molecule has 3 atom stereocenters. The number of rotatable bonds is 8. The number of carbonyl (C=O) groups is 3. The van der Waals surface area contributed by atoms with Crippen LogP contribution in [-0.4, -0.2) is 35.4 Å². The summed E-state index contributed by atoms with van der Waals surface area (Å²) in [6.45, 7) is 3.95. The van der Waals surface area contributed by atoms with Crippen LogP contribution in [0.25, 0.3) is 11.1 Å². The Hall–Kier alpha value is -4.11. The second-order valence-electron chi connectivity index (χ2n) is 10.8. The highest BCUT2D eigenvalue weighted by atomic mass is 19.1. The highest BCUT2D eigenvalue weighted by molar-refractivity contribution is 6.06. The number of hydrogen-bond acceptors (Lipinski definition) is 4. The first-order valence-corrected chi connectivity index (χ1v) is 13.4. The van der Waals surface area contributed by atoms with E-state index in [4.69, 9.17) is 0 Å². The van der Waals surface area contributed by atoms with Crippen LogP contribution in [0.15, 0.2) is 66.7 Å². The van der Waals surface area contributed by atoms with E-state index in [0.717, 1.165) is 41.8 Å². The Morgan fingerprint density at radius 1 is 0.950 bits per heavy atom. The van der Waals surface area contributed by atoms with Gasteiger partial charge in [0.25, 0.3) is 11.8 Å². The lowest BCUT2D eigenvalue weighted by molar-refractivity contribution is -0.136. The molecule has 9 heteroatoms. The lowest BCUT2D eigenvalue weighted by Crippen LogP contribution is -2.53. The van der Waals surface area contributed by atoms with Crippen molar-refractivity contribution < 1.29 is 28.3 Å². The Morgan fingerprint density at radius 3 is 2.23 bits per heavy atom. The lowest BCUT2D eigenvalue weighted by atomic mass is 9.94. The van der Waals surface area contributed by atoms with Gasteiger partial charge in [-0.15, -0.1) is 0 Å². The second-order valence-corrected chi connectivity index (χ2v) is 10.8. The fourth-order valence-electron chi connectivity index (χ4n) is 5.11. The third-order valence-corrected chi connectivity index (χ3v) is 7.39. The molecule has 0 aromatic heterocycles. The van der Waals surface area contributed by atoms with E-state index in [1.54, 1.807) is 30.9 Å². The molecule has 0 radical (unpaired) electrons. The van der Waals surface area contributed by atoms with Crippen LogP contribution < -0.4 is 15.5 Å². The molecule has 3 aromatic rings. The molecule has 3 aromatic carbocycles. The van der Waals surface area contributed by atoms with Gasteiger partial charge >= 0.3 is 0 Å². The zero-order valence-corrected chi connectivity index (χ0v) is 22.2. The van der Waals surface area contributed by atoms with Crippen molar-refractivity contribution in [1.82, 2.24) is 10.6 Å². The van der Waals surface area contributed by atoms with E-state index in [-0.39, 0.29) is 11.5 Å². The molecule has 7 nitrogen and oxygen atoms in total. The summed E-state index contributed by atoms with van der Waals surface area (Å²) >= 11 is 0. The Labute approximate surface area is 231 Å². The summed E-state index contributed by atoms with van der Waals surface area (Å²) in [6.07, 6.45) is 0.173. The Morgan fingerprint density at radius 2 is 1.57 bits per heavy atom. The van der Waals surface area contributed by atoms with E-state index in [0.29, 0.717) is 24.1 Å². The number of fused-ring (bicyclic) bond motifs is 3. The van der Waals surface area contributed by atoms with Gasteiger partial charge in [-0.3, -0.25) is 14.4 Å². The van der Waals surface area contributed by atoms with Crippen LogP contribution in [0.4, 0.5) is 14.5 Å². The molecule has 3 amide bonds. The van der Waals surface area contributed by atoms with Crippen LogP contribution in [0.2, 0.25) is 0 Å². The van der Waals surface area contributed by atoms with E-state index >= 15 is 0 Å². The molecule has 1 fully saturated rings. The third-order valence-electron chi connectivity index (χ3n) is 7.39. The zero-order valence-electron chi connectivity index (χ0n) is 22.2. The second kappa shape index (κ2) is 11.2. The first-order valence-electron chi connectivity index (χ1n) is 13.4. The van der Waals surface area contributed by atoms with Gasteiger partial charge in [0, 0.05) is 18.2 Å². The molecule has 0 saturated heterocycles. The van der Waals surface area contributed by atoms with Gasteiger partial charge in [-0.1, -0.05) is 56.3 Å². The maximum atomic E-state index is 14.1. The maximum Gasteiger partial charge on any atom is 0.254 e. The van der Waals surface area contributed by atoms with Crippen molar-refractivity contribution in [2.24, 2.45) is 11.8 Å². The van der Waals surface area contributed by atoms with E-state index in [1.807, 2.05) is 36.4 Å². The van der Waals surface area contributed by atoms with Gasteiger partial charge in [-0.25, -0.2) is 8.78 Å². The summed E-state index contributed by atoms with van der Waals surface area (Å²) in [7, 11) is 0. The molecule has 208 valence electrons. The summed E-state index contributed by atoms with van der Waals surface area (Å²) in [4.78, 5) is 42.3. The predicted octanol–water partition coefficient (Wildman–Crippen LogP) is 4.42. The molecular weight excluding hydrogens is 516 g/mol. The molecule has 0 spiro atoms. The first-order chi connectivity index (χ1) is 19.1. The summed E-state index contributed by atoms with van der Waals surface area (Å²) in [5.74, 6) is -3.81. The number of halogens is 2. The summed E-state index contributed by atoms with van der Waals surface area (Å²) < 4.78 is 27.3. The molecule has 5 rings (SSSR count). The first kappa shape index (κ1) is 27.5. The molecule has 1 aliphatic carbocycles. The predicted molar refractivity (Wildman–Crippen MR) is 146 cm³/mol. The van der Waals surface area contributed by atoms with Gasteiger partial charge in [0.15, 0.2) is 6.10 Å². The van der Waals surface area contributed by atoms with Crippen molar-refractivity contribution in [1.29, 1.82) is 0 Å². The minimum atomic E-state index is -1.90. The highest BCUT2D eigenvalue weighted by Crippen LogP contribution is 2.42. The SMILES string of the molecule is CC(C)[C@H](NC(=O)C(O)c1cc(F)cc(F)c1)C(=O)NC1C(=O)N(CC2CC2)c2ccccc2-c2ccccc21. The molecule has 0 bridgehead atoms. The fraction of sp³-hybridized carbons (Fsp3) is 0.323. The molecule has 2 unspecified atom stereocenters. The topological polar surface area (TPSA) is 98.7 Å². The normalized spacial score (nSPS) is 17.9. The average Bonchev–Trinajstić information content (AvgIpc) is 3.76. The highest BCUT2D eigenvalue weighted by Gasteiger charge is 2.39. The fourth-order valence-corrected chi connectivity index (χ4v) is 5.11. The van der Waals surface area contributed by atoms with Gasteiger partial charge in [-0.05, 0) is 59.6 Å². The van der Waals surface area contributed by atoms with Crippen molar-refractivity contribution >= 4 is 23.4 Å². The smallest absolute Gasteiger partial charge is 0.254 e. The van der Waals surface area contributed by atoms with Gasteiger partial charge < -0.3 is 20.6 Å². The largest absolute Gasteiger partial charge is 0.378 e. The number of nitrogens with one attached hydrogen (secondary N) is 2. The van der Waals surface area contributed by atoms with Crippen LogP contribution in [-0.2, 0) is 14.4 Å². The number of aliphatic hydroxyl groups excluding tert-OH is 1. The van der Waals surface area contributed by atoms with Gasteiger partial charge in [0.05, 0.1) is 5.69 Å². The minimum Gasteiger partial charge on any atom is -0.378 e. The van der Waals surface area contributed by atoms with Crippen LogP contribution in [0.5, 0.6) is 0 Å². The Kier molecular flexibility index (Phi) is 7.67. The Balaban J connectivity index is 1.43. The van der Waals surface area contributed by atoms with Crippen LogP contribution in [0.1, 0.15) is 50.0 Å². The maximum absolute atomic E-state index is 14.1. The average molecular weight is 548 g/mol. The van der Waals surface area contributed by atoms with Gasteiger partial charge in [-0.2, -0.15) is 0 Å². The van der Waals surface area contributed by atoms with Crippen molar-refractivity contribution in [3.8, 4) is 11.1 Å². The summed E-state index contributed by atoms with van der Waals surface area (Å²) in [5, 5.41) is 15.8. The molecule has 1 heterocycles. The molecule has 1 saturated carbocycles.